The Hall–Kier alpha value is -5.67. The monoisotopic (exact) mass is 750 g/mol. The third kappa shape index (κ3) is 12.7. The van der Waals surface area contributed by atoms with Crippen LogP contribution in [0, 0.1) is 0 Å². The van der Waals surface area contributed by atoms with E-state index in [1.807, 2.05) is 108 Å². The highest BCUT2D eigenvalue weighted by Gasteiger charge is 2.30. The first kappa shape index (κ1) is 43.7. The van der Waals surface area contributed by atoms with Gasteiger partial charge in [0.2, 0.25) is 5.91 Å². The number of nitrogens with one attached hydrogen (secondary N) is 2. The Morgan fingerprint density at radius 3 is 2.05 bits per heavy atom. The number of alkyl halides is 3. The molecule has 0 spiro atoms. The standard InChI is InChI=1S/C35H33F3N4O2.C7H8.2C2H6/c1-23(39-21-33(43)41(2)22-24-9-5-4-6-10-24)32-20-26-19-28(17-18-31(26)42(32)3)40-34(44)30-12-8-7-11-29(30)25-13-15-27(16-14-25)35(36,37)38;1-2-4-6-7-5-3-1;2*1-2/h4-20,23,39H,21-22H2,1-3H3,(H,40,44);1-6H,7H2;2*1-2H3. The topological polar surface area (TPSA) is 66.4 Å². The van der Waals surface area contributed by atoms with Gasteiger partial charge in [0.15, 0.2) is 0 Å². The van der Waals surface area contributed by atoms with Crippen LogP contribution in [0.15, 0.2) is 140 Å². The van der Waals surface area contributed by atoms with E-state index in [1.165, 1.54) is 12.1 Å². The molecule has 4 aromatic carbocycles. The van der Waals surface area contributed by atoms with Crippen molar-refractivity contribution in [3.8, 4) is 11.1 Å². The number of hydrogen-bond donors (Lipinski definition) is 2. The predicted molar refractivity (Wildman–Crippen MR) is 222 cm³/mol. The van der Waals surface area contributed by atoms with Gasteiger partial charge in [0.05, 0.1) is 12.1 Å². The van der Waals surface area contributed by atoms with Gasteiger partial charge in [-0.05, 0) is 72.5 Å². The summed E-state index contributed by atoms with van der Waals surface area (Å²) in [6.07, 6.45) is 9.07. The lowest BCUT2D eigenvalue weighted by Gasteiger charge is -2.20. The molecule has 1 heterocycles. The molecule has 1 aliphatic rings. The van der Waals surface area contributed by atoms with Gasteiger partial charge in [-0.25, -0.2) is 0 Å². The molecule has 0 aliphatic heterocycles. The Morgan fingerprint density at radius 2 is 1.42 bits per heavy atom. The highest BCUT2D eigenvalue weighted by Crippen LogP contribution is 2.32. The van der Waals surface area contributed by atoms with Crippen LogP contribution in [0.4, 0.5) is 18.9 Å². The Kier molecular flexibility index (Phi) is 17.4. The second kappa shape index (κ2) is 21.9. The molecular formula is C46H53F3N4O2. The summed E-state index contributed by atoms with van der Waals surface area (Å²) >= 11 is 0. The molecule has 55 heavy (non-hydrogen) atoms. The predicted octanol–water partition coefficient (Wildman–Crippen LogP) is 11.5. The zero-order valence-corrected chi connectivity index (χ0v) is 32.8. The van der Waals surface area contributed by atoms with Crippen LogP contribution < -0.4 is 10.6 Å². The number of likely N-dealkylation sites (N-methyl/N-ethyl adjacent to an activating group) is 1. The number of carbonyl (C=O) groups excluding carboxylic acids is 2. The highest BCUT2D eigenvalue weighted by atomic mass is 19.4. The van der Waals surface area contributed by atoms with E-state index >= 15 is 0 Å². The molecule has 5 aromatic rings. The molecule has 0 bridgehead atoms. The minimum absolute atomic E-state index is 0.0129. The van der Waals surface area contributed by atoms with Gasteiger partial charge in [-0.3, -0.25) is 9.59 Å². The van der Waals surface area contributed by atoms with Gasteiger partial charge < -0.3 is 20.1 Å². The van der Waals surface area contributed by atoms with Crippen molar-refractivity contribution in [3.05, 3.63) is 162 Å². The summed E-state index contributed by atoms with van der Waals surface area (Å²) in [7, 11) is 3.74. The maximum Gasteiger partial charge on any atom is 0.416 e. The van der Waals surface area contributed by atoms with Gasteiger partial charge >= 0.3 is 6.18 Å². The van der Waals surface area contributed by atoms with E-state index in [0.29, 0.717) is 28.9 Å². The second-order valence-electron chi connectivity index (χ2n) is 12.3. The van der Waals surface area contributed by atoms with Crippen LogP contribution in [0.25, 0.3) is 22.0 Å². The number of allylic oxidation sites excluding steroid dienone is 6. The van der Waals surface area contributed by atoms with Gasteiger partial charge in [-0.2, -0.15) is 13.2 Å². The fourth-order valence-corrected chi connectivity index (χ4v) is 5.78. The van der Waals surface area contributed by atoms with Crippen molar-refractivity contribution >= 4 is 28.4 Å². The summed E-state index contributed by atoms with van der Waals surface area (Å²) in [5.74, 6) is -0.384. The SMILES string of the molecule is C1=CC=CCC=C1.CC.CC.CC(NCC(=O)N(C)Cc1ccccc1)c1cc2cc(NC(=O)c3ccccc3-c3ccc(C(F)(F)F)cc3)ccc2n1C. The Labute approximate surface area is 324 Å². The number of amides is 2. The number of halogens is 3. The number of fused-ring (bicyclic) bond motifs is 1. The number of rotatable bonds is 9. The first-order valence-corrected chi connectivity index (χ1v) is 18.7. The lowest BCUT2D eigenvalue weighted by atomic mass is 9.98. The zero-order chi connectivity index (χ0) is 40.4. The van der Waals surface area contributed by atoms with Crippen molar-refractivity contribution in [2.45, 2.75) is 59.8 Å². The van der Waals surface area contributed by atoms with E-state index in [1.54, 1.807) is 36.2 Å². The minimum atomic E-state index is -4.43. The summed E-state index contributed by atoms with van der Waals surface area (Å²) in [5, 5.41) is 7.17. The molecule has 0 radical (unpaired) electrons. The average molecular weight is 751 g/mol. The van der Waals surface area contributed by atoms with Crippen LogP contribution in [0.3, 0.4) is 0 Å². The van der Waals surface area contributed by atoms with Crippen LogP contribution in [0.1, 0.15) is 74.3 Å². The maximum atomic E-state index is 13.3. The molecule has 290 valence electrons. The van der Waals surface area contributed by atoms with E-state index in [9.17, 15) is 22.8 Å². The van der Waals surface area contributed by atoms with E-state index in [-0.39, 0.29) is 24.4 Å². The molecule has 0 saturated heterocycles. The fraction of sp³-hybridized carbons (Fsp3) is 0.261. The van der Waals surface area contributed by atoms with E-state index in [2.05, 4.69) is 39.5 Å². The molecular weight excluding hydrogens is 698 g/mol. The zero-order valence-electron chi connectivity index (χ0n) is 32.8. The molecule has 1 aromatic heterocycles. The quantitative estimate of drug-likeness (QED) is 0.158. The first-order chi connectivity index (χ1) is 26.5. The number of nitrogens with zero attached hydrogens (tertiary/aromatic N) is 2. The fourth-order valence-electron chi connectivity index (χ4n) is 5.78. The van der Waals surface area contributed by atoms with Crippen LogP contribution in [0.5, 0.6) is 0 Å². The van der Waals surface area contributed by atoms with Crippen LogP contribution >= 0.6 is 0 Å². The summed E-state index contributed by atoms with van der Waals surface area (Å²) in [4.78, 5) is 27.8. The first-order valence-electron chi connectivity index (χ1n) is 18.7. The van der Waals surface area contributed by atoms with Crippen molar-refractivity contribution in [3.63, 3.8) is 0 Å². The lowest BCUT2D eigenvalue weighted by Crippen LogP contribution is -2.36. The van der Waals surface area contributed by atoms with Crippen molar-refractivity contribution < 1.29 is 22.8 Å². The maximum absolute atomic E-state index is 13.3. The summed E-state index contributed by atoms with van der Waals surface area (Å²) in [5.41, 5.74) is 4.24. The van der Waals surface area contributed by atoms with E-state index in [0.717, 1.165) is 40.7 Å². The number of carbonyl (C=O) groups is 2. The summed E-state index contributed by atoms with van der Waals surface area (Å²) < 4.78 is 41.2. The third-order valence-corrected chi connectivity index (χ3v) is 8.60. The van der Waals surface area contributed by atoms with E-state index in [4.69, 9.17) is 0 Å². The molecule has 2 N–H and O–H groups in total. The van der Waals surface area contributed by atoms with E-state index < -0.39 is 11.7 Å². The van der Waals surface area contributed by atoms with Crippen molar-refractivity contribution in [2.24, 2.45) is 7.05 Å². The largest absolute Gasteiger partial charge is 0.416 e. The molecule has 6 rings (SSSR count). The van der Waals surface area contributed by atoms with Gasteiger partial charge in [-0.1, -0.05) is 125 Å². The van der Waals surface area contributed by atoms with Crippen LogP contribution in [0.2, 0.25) is 0 Å². The summed E-state index contributed by atoms with van der Waals surface area (Å²) in [6, 6.07) is 28.9. The minimum Gasteiger partial charge on any atom is -0.346 e. The molecule has 1 unspecified atom stereocenters. The van der Waals surface area contributed by atoms with Crippen LogP contribution in [-0.2, 0) is 24.6 Å². The smallest absolute Gasteiger partial charge is 0.346 e. The van der Waals surface area contributed by atoms with Gasteiger partial charge in [0.1, 0.15) is 0 Å². The van der Waals surface area contributed by atoms with Crippen molar-refractivity contribution in [2.75, 3.05) is 18.9 Å². The van der Waals surface area contributed by atoms with Gasteiger partial charge in [-0.15, -0.1) is 0 Å². The number of anilines is 1. The molecule has 2 amide bonds. The molecule has 1 atom stereocenters. The Morgan fingerprint density at radius 1 is 0.800 bits per heavy atom. The number of aryl methyl sites for hydroxylation is 1. The third-order valence-electron chi connectivity index (χ3n) is 8.60. The molecule has 6 nitrogen and oxygen atoms in total. The van der Waals surface area contributed by atoms with Gasteiger partial charge in [0, 0.05) is 54.5 Å². The number of hydrogen-bond acceptors (Lipinski definition) is 3. The molecule has 9 heteroatoms. The van der Waals surface area contributed by atoms with Gasteiger partial charge in [0.25, 0.3) is 5.91 Å². The van der Waals surface area contributed by atoms with Crippen molar-refractivity contribution in [1.29, 1.82) is 0 Å². The molecule has 1 aliphatic carbocycles. The van der Waals surface area contributed by atoms with Crippen molar-refractivity contribution in [1.82, 2.24) is 14.8 Å². The number of benzene rings is 4. The normalized spacial score (nSPS) is 12.2. The van der Waals surface area contributed by atoms with Crippen LogP contribution in [-0.4, -0.2) is 34.9 Å². The highest BCUT2D eigenvalue weighted by molar-refractivity contribution is 6.09. The lowest BCUT2D eigenvalue weighted by molar-refractivity contribution is -0.137. The Balaban J connectivity index is 0.000000648. The number of aromatic nitrogens is 1. The molecule has 0 saturated carbocycles. The average Bonchev–Trinajstić information content (AvgIpc) is 3.35. The summed E-state index contributed by atoms with van der Waals surface area (Å²) in [6.45, 7) is 10.7. The molecule has 0 fully saturated rings. The Bertz CT molecular complexity index is 2030. The second-order valence-corrected chi connectivity index (χ2v) is 12.3.